The Bertz CT molecular complexity index is 162. The first-order valence-electron chi connectivity index (χ1n) is 5.39. The quantitative estimate of drug-likeness (QED) is 0.436. The molecule has 0 saturated carbocycles. The minimum absolute atomic E-state index is 0. The fraction of sp³-hybridized carbons (Fsp3) is 0.900. The molecule has 4 nitrogen and oxygen atoms in total. The van der Waals surface area contributed by atoms with Crippen molar-refractivity contribution in [1.29, 1.82) is 0 Å². The summed E-state index contributed by atoms with van der Waals surface area (Å²) in [6, 6.07) is 0. The molecule has 0 bridgehead atoms. The van der Waals surface area contributed by atoms with Crippen LogP contribution in [-0.2, 0) is 0 Å². The van der Waals surface area contributed by atoms with Crippen molar-refractivity contribution < 1.29 is 0 Å². The summed E-state index contributed by atoms with van der Waals surface area (Å²) in [6.07, 6.45) is 1.22. The van der Waals surface area contributed by atoms with Gasteiger partial charge in [-0.25, -0.2) is 0 Å². The van der Waals surface area contributed by atoms with Crippen LogP contribution in [0.2, 0.25) is 0 Å². The minimum atomic E-state index is 0. The summed E-state index contributed by atoms with van der Waals surface area (Å²) < 4.78 is 0. The largest absolute Gasteiger partial charge is 0.359 e. The van der Waals surface area contributed by atoms with Gasteiger partial charge in [-0.05, 0) is 19.5 Å². The lowest BCUT2D eigenvalue weighted by Gasteiger charge is -2.20. The van der Waals surface area contributed by atoms with Gasteiger partial charge in [0.15, 0.2) is 5.96 Å². The smallest absolute Gasteiger partial charge is 0.190 e. The Hall–Kier alpha value is -0.0400. The van der Waals surface area contributed by atoms with Crippen LogP contribution in [0.1, 0.15) is 20.3 Å². The Labute approximate surface area is 111 Å². The van der Waals surface area contributed by atoms with E-state index < -0.39 is 0 Å². The number of nitrogens with zero attached hydrogens (tertiary/aromatic N) is 2. The summed E-state index contributed by atoms with van der Waals surface area (Å²) >= 11 is 0. The van der Waals surface area contributed by atoms with Gasteiger partial charge in [-0.3, -0.25) is 4.99 Å². The van der Waals surface area contributed by atoms with E-state index >= 15 is 0 Å². The summed E-state index contributed by atoms with van der Waals surface area (Å²) in [6.45, 7) is 8.72. The zero-order chi connectivity index (χ0) is 10.8. The molecule has 0 aliphatic rings. The van der Waals surface area contributed by atoms with Crippen molar-refractivity contribution in [3.05, 3.63) is 0 Å². The Kier molecular flexibility index (Phi) is 13.9. The molecule has 0 amide bonds. The van der Waals surface area contributed by atoms with E-state index in [9.17, 15) is 0 Å². The monoisotopic (exact) mass is 328 g/mol. The third-order valence-corrected chi connectivity index (χ3v) is 2.17. The topological polar surface area (TPSA) is 39.7 Å². The number of rotatable bonds is 6. The Balaban J connectivity index is 0. The second-order valence-electron chi connectivity index (χ2n) is 3.18. The van der Waals surface area contributed by atoms with Crippen molar-refractivity contribution >= 4 is 29.9 Å². The summed E-state index contributed by atoms with van der Waals surface area (Å²) in [5.41, 5.74) is 0. The molecule has 2 N–H and O–H groups in total. The van der Waals surface area contributed by atoms with E-state index in [2.05, 4.69) is 34.4 Å². The van der Waals surface area contributed by atoms with E-state index in [0.29, 0.717) is 0 Å². The molecule has 0 heterocycles. The van der Waals surface area contributed by atoms with E-state index in [1.54, 1.807) is 7.05 Å². The van der Waals surface area contributed by atoms with Crippen LogP contribution >= 0.6 is 24.0 Å². The van der Waals surface area contributed by atoms with E-state index in [0.717, 1.165) is 25.6 Å². The van der Waals surface area contributed by atoms with Crippen LogP contribution in [0.25, 0.3) is 0 Å². The maximum absolute atomic E-state index is 4.05. The molecule has 5 heteroatoms. The van der Waals surface area contributed by atoms with Gasteiger partial charge in [0.05, 0.1) is 0 Å². The maximum atomic E-state index is 4.05. The maximum Gasteiger partial charge on any atom is 0.190 e. The van der Waals surface area contributed by atoms with Crippen LogP contribution in [0.4, 0.5) is 0 Å². The standard InChI is InChI=1S/C10H24N4.HI/c1-5-8-14(6-2)9-7-13-10(11-3)12-4;/h5-9H2,1-4H3,(H2,11,12,13);1H. The molecule has 92 valence electrons. The molecule has 0 unspecified atom stereocenters. The zero-order valence-electron chi connectivity index (χ0n) is 10.3. The van der Waals surface area contributed by atoms with Crippen LogP contribution in [-0.4, -0.2) is 51.1 Å². The number of hydrogen-bond donors (Lipinski definition) is 2. The fourth-order valence-corrected chi connectivity index (χ4v) is 1.36. The number of guanidine groups is 1. The lowest BCUT2D eigenvalue weighted by Crippen LogP contribution is -2.40. The van der Waals surface area contributed by atoms with Gasteiger partial charge >= 0.3 is 0 Å². The molecule has 0 aromatic heterocycles. The first kappa shape index (κ1) is 17.4. The predicted molar refractivity (Wildman–Crippen MR) is 78.2 cm³/mol. The molecule has 0 aromatic carbocycles. The van der Waals surface area contributed by atoms with E-state index in [-0.39, 0.29) is 24.0 Å². The number of halogens is 1. The van der Waals surface area contributed by atoms with Gasteiger partial charge in [-0.15, -0.1) is 24.0 Å². The highest BCUT2D eigenvalue weighted by molar-refractivity contribution is 14.0. The molecule has 0 aliphatic carbocycles. The predicted octanol–water partition coefficient (Wildman–Crippen LogP) is 1.13. The van der Waals surface area contributed by atoms with Crippen LogP contribution in [0.5, 0.6) is 0 Å². The first-order chi connectivity index (χ1) is 6.78. The molecular weight excluding hydrogens is 303 g/mol. The molecule has 0 aliphatic heterocycles. The van der Waals surface area contributed by atoms with Gasteiger partial charge in [0.1, 0.15) is 0 Å². The van der Waals surface area contributed by atoms with E-state index in [4.69, 9.17) is 0 Å². The van der Waals surface area contributed by atoms with Crippen molar-refractivity contribution in [2.24, 2.45) is 4.99 Å². The number of aliphatic imine (C=N–C) groups is 1. The second-order valence-corrected chi connectivity index (χ2v) is 3.18. The second kappa shape index (κ2) is 12.0. The van der Waals surface area contributed by atoms with Crippen LogP contribution < -0.4 is 10.6 Å². The average Bonchev–Trinajstić information content (AvgIpc) is 2.23. The molecule has 0 fully saturated rings. The highest BCUT2D eigenvalue weighted by atomic mass is 127. The van der Waals surface area contributed by atoms with E-state index in [1.807, 2.05) is 7.05 Å². The normalized spacial score (nSPS) is 11.1. The number of hydrogen-bond acceptors (Lipinski definition) is 2. The van der Waals surface area contributed by atoms with Gasteiger partial charge in [-0.1, -0.05) is 13.8 Å². The van der Waals surface area contributed by atoms with Crippen molar-refractivity contribution in [3.8, 4) is 0 Å². The zero-order valence-corrected chi connectivity index (χ0v) is 12.7. The Morgan fingerprint density at radius 2 is 1.93 bits per heavy atom. The Morgan fingerprint density at radius 1 is 1.27 bits per heavy atom. The molecular formula is C10H25IN4. The molecule has 0 rings (SSSR count). The SMILES string of the molecule is CCCN(CC)CCNC(=NC)NC.I. The molecule has 0 spiro atoms. The summed E-state index contributed by atoms with van der Waals surface area (Å²) in [7, 11) is 3.65. The Morgan fingerprint density at radius 3 is 2.33 bits per heavy atom. The summed E-state index contributed by atoms with van der Waals surface area (Å²) in [4.78, 5) is 6.48. The van der Waals surface area contributed by atoms with Gasteiger partial charge in [-0.2, -0.15) is 0 Å². The molecule has 0 radical (unpaired) electrons. The van der Waals surface area contributed by atoms with Crippen molar-refractivity contribution in [2.45, 2.75) is 20.3 Å². The van der Waals surface area contributed by atoms with Gasteiger partial charge < -0.3 is 15.5 Å². The molecule has 0 atom stereocenters. The average molecular weight is 328 g/mol. The molecule has 0 saturated heterocycles. The van der Waals surface area contributed by atoms with Crippen molar-refractivity contribution in [3.63, 3.8) is 0 Å². The van der Waals surface area contributed by atoms with Crippen LogP contribution in [0, 0.1) is 0 Å². The summed E-state index contributed by atoms with van der Waals surface area (Å²) in [5.74, 6) is 0.859. The fourth-order valence-electron chi connectivity index (χ4n) is 1.36. The van der Waals surface area contributed by atoms with Crippen LogP contribution in [0.3, 0.4) is 0 Å². The lowest BCUT2D eigenvalue weighted by atomic mass is 10.4. The van der Waals surface area contributed by atoms with Crippen LogP contribution in [0.15, 0.2) is 4.99 Å². The van der Waals surface area contributed by atoms with Crippen molar-refractivity contribution in [1.82, 2.24) is 15.5 Å². The minimum Gasteiger partial charge on any atom is -0.359 e. The third-order valence-electron chi connectivity index (χ3n) is 2.17. The molecule has 15 heavy (non-hydrogen) atoms. The lowest BCUT2D eigenvalue weighted by molar-refractivity contribution is 0.293. The highest BCUT2D eigenvalue weighted by Crippen LogP contribution is 1.88. The van der Waals surface area contributed by atoms with Crippen molar-refractivity contribution in [2.75, 3.05) is 40.3 Å². The third kappa shape index (κ3) is 8.92. The van der Waals surface area contributed by atoms with E-state index in [1.165, 1.54) is 13.0 Å². The summed E-state index contributed by atoms with van der Waals surface area (Å²) in [5, 5.41) is 6.24. The number of nitrogens with one attached hydrogen (secondary N) is 2. The number of likely N-dealkylation sites (N-methyl/N-ethyl adjacent to an activating group) is 1. The van der Waals surface area contributed by atoms with Gasteiger partial charge in [0.25, 0.3) is 0 Å². The molecule has 0 aromatic rings. The van der Waals surface area contributed by atoms with Gasteiger partial charge in [0.2, 0.25) is 0 Å². The van der Waals surface area contributed by atoms with Gasteiger partial charge in [0, 0.05) is 27.2 Å². The first-order valence-corrected chi connectivity index (χ1v) is 5.39. The highest BCUT2D eigenvalue weighted by Gasteiger charge is 2.00.